The molecule has 20 heavy (non-hydrogen) atoms. The SMILES string of the molecule is COCCNC(N)=NCCCOc1ccc(C)cc1.I. The molecule has 0 saturated carbocycles. The summed E-state index contributed by atoms with van der Waals surface area (Å²) in [5.41, 5.74) is 6.90. The largest absolute Gasteiger partial charge is 0.494 e. The number of rotatable bonds is 8. The summed E-state index contributed by atoms with van der Waals surface area (Å²) in [7, 11) is 1.65. The van der Waals surface area contributed by atoms with Crippen LogP contribution >= 0.6 is 24.0 Å². The molecule has 0 spiro atoms. The number of hydrogen-bond donors (Lipinski definition) is 2. The average molecular weight is 393 g/mol. The molecule has 0 radical (unpaired) electrons. The molecule has 5 nitrogen and oxygen atoms in total. The Balaban J connectivity index is 0.00000361. The van der Waals surface area contributed by atoms with Crippen LogP contribution in [-0.2, 0) is 4.74 Å². The van der Waals surface area contributed by atoms with E-state index in [2.05, 4.69) is 17.2 Å². The first-order valence-electron chi connectivity index (χ1n) is 6.44. The van der Waals surface area contributed by atoms with Crippen molar-refractivity contribution in [3.8, 4) is 5.75 Å². The Kier molecular flexibility index (Phi) is 11.2. The lowest BCUT2D eigenvalue weighted by molar-refractivity contribution is 0.204. The van der Waals surface area contributed by atoms with Gasteiger partial charge in [0.25, 0.3) is 0 Å². The van der Waals surface area contributed by atoms with Crippen molar-refractivity contribution in [3.05, 3.63) is 29.8 Å². The van der Waals surface area contributed by atoms with Crippen molar-refractivity contribution in [1.82, 2.24) is 5.32 Å². The van der Waals surface area contributed by atoms with Crippen LogP contribution in [0.15, 0.2) is 29.3 Å². The van der Waals surface area contributed by atoms with Crippen molar-refractivity contribution < 1.29 is 9.47 Å². The summed E-state index contributed by atoms with van der Waals surface area (Å²) < 4.78 is 10.5. The summed E-state index contributed by atoms with van der Waals surface area (Å²) in [6.45, 7) is 4.63. The maximum Gasteiger partial charge on any atom is 0.188 e. The second kappa shape index (κ2) is 11.8. The van der Waals surface area contributed by atoms with E-state index < -0.39 is 0 Å². The highest BCUT2D eigenvalue weighted by Crippen LogP contribution is 2.11. The zero-order valence-corrected chi connectivity index (χ0v) is 14.4. The number of hydrogen-bond acceptors (Lipinski definition) is 3. The molecule has 1 rings (SSSR count). The molecule has 0 saturated heterocycles. The van der Waals surface area contributed by atoms with E-state index in [4.69, 9.17) is 15.2 Å². The van der Waals surface area contributed by atoms with Crippen LogP contribution in [0.25, 0.3) is 0 Å². The normalized spacial score (nSPS) is 10.8. The van der Waals surface area contributed by atoms with E-state index in [0.717, 1.165) is 12.2 Å². The molecule has 1 aromatic carbocycles. The highest BCUT2D eigenvalue weighted by Gasteiger charge is 1.94. The molecule has 0 unspecified atom stereocenters. The van der Waals surface area contributed by atoms with Gasteiger partial charge in [0.15, 0.2) is 5.96 Å². The molecule has 0 aromatic heterocycles. The van der Waals surface area contributed by atoms with E-state index in [1.165, 1.54) is 5.56 Å². The van der Waals surface area contributed by atoms with Gasteiger partial charge in [0.05, 0.1) is 13.2 Å². The van der Waals surface area contributed by atoms with Gasteiger partial charge < -0.3 is 20.5 Å². The van der Waals surface area contributed by atoms with Gasteiger partial charge in [0, 0.05) is 26.6 Å². The summed E-state index contributed by atoms with van der Waals surface area (Å²) in [4.78, 5) is 4.19. The molecule has 114 valence electrons. The summed E-state index contributed by atoms with van der Waals surface area (Å²) in [6.07, 6.45) is 0.834. The maximum atomic E-state index is 5.67. The van der Waals surface area contributed by atoms with Crippen molar-refractivity contribution >= 4 is 29.9 Å². The summed E-state index contributed by atoms with van der Waals surface area (Å²) >= 11 is 0. The maximum absolute atomic E-state index is 5.67. The molecule has 3 N–H and O–H groups in total. The Labute approximate surface area is 138 Å². The smallest absolute Gasteiger partial charge is 0.188 e. The van der Waals surface area contributed by atoms with Crippen LogP contribution in [-0.4, -0.2) is 39.4 Å². The van der Waals surface area contributed by atoms with E-state index in [0.29, 0.717) is 32.3 Å². The minimum absolute atomic E-state index is 0. The van der Waals surface area contributed by atoms with Gasteiger partial charge in [0.2, 0.25) is 0 Å². The van der Waals surface area contributed by atoms with Crippen LogP contribution in [0.5, 0.6) is 5.75 Å². The van der Waals surface area contributed by atoms with E-state index in [-0.39, 0.29) is 24.0 Å². The Morgan fingerprint density at radius 1 is 1.25 bits per heavy atom. The quantitative estimate of drug-likeness (QED) is 0.307. The first kappa shape index (κ1) is 19.0. The standard InChI is InChI=1S/C14H23N3O2.HI/c1-12-4-6-13(7-5-12)19-10-3-8-16-14(15)17-9-11-18-2;/h4-7H,3,8-11H2,1-2H3,(H3,15,16,17);1H. The van der Waals surface area contributed by atoms with Crippen molar-refractivity contribution in [2.24, 2.45) is 10.7 Å². The lowest BCUT2D eigenvalue weighted by Gasteiger charge is -2.06. The van der Waals surface area contributed by atoms with Crippen LogP contribution < -0.4 is 15.8 Å². The molecule has 0 fully saturated rings. The van der Waals surface area contributed by atoms with E-state index in [9.17, 15) is 0 Å². The predicted octanol–water partition coefficient (Wildman–Crippen LogP) is 1.93. The van der Waals surface area contributed by atoms with Crippen LogP contribution in [0.1, 0.15) is 12.0 Å². The molecule has 0 heterocycles. The van der Waals surface area contributed by atoms with Crippen LogP contribution in [0, 0.1) is 6.92 Å². The van der Waals surface area contributed by atoms with E-state index in [1.807, 2.05) is 24.3 Å². The number of benzene rings is 1. The Morgan fingerprint density at radius 3 is 2.60 bits per heavy atom. The average Bonchev–Trinajstić information content (AvgIpc) is 2.41. The summed E-state index contributed by atoms with van der Waals surface area (Å²) in [5.74, 6) is 1.34. The molecule has 0 bridgehead atoms. The molecule has 0 aliphatic rings. The zero-order valence-electron chi connectivity index (χ0n) is 12.1. The van der Waals surface area contributed by atoms with Gasteiger partial charge in [-0.3, -0.25) is 4.99 Å². The number of methoxy groups -OCH3 is 1. The van der Waals surface area contributed by atoms with E-state index >= 15 is 0 Å². The fourth-order valence-electron chi connectivity index (χ4n) is 1.43. The molecular weight excluding hydrogens is 369 g/mol. The van der Waals surface area contributed by atoms with Gasteiger partial charge in [-0.05, 0) is 19.1 Å². The number of guanidine groups is 1. The monoisotopic (exact) mass is 393 g/mol. The Morgan fingerprint density at radius 2 is 1.95 bits per heavy atom. The van der Waals surface area contributed by atoms with Gasteiger partial charge in [-0.25, -0.2) is 0 Å². The second-order valence-electron chi connectivity index (χ2n) is 4.20. The van der Waals surface area contributed by atoms with Crippen LogP contribution in [0.2, 0.25) is 0 Å². The Hall–Kier alpha value is -1.02. The van der Waals surface area contributed by atoms with Gasteiger partial charge in [-0.15, -0.1) is 24.0 Å². The number of nitrogens with two attached hydrogens (primary N) is 1. The third kappa shape index (κ3) is 8.98. The molecular formula is C14H24IN3O2. The molecule has 0 amide bonds. The highest BCUT2D eigenvalue weighted by atomic mass is 127. The lowest BCUT2D eigenvalue weighted by Crippen LogP contribution is -2.34. The fourth-order valence-corrected chi connectivity index (χ4v) is 1.43. The fraction of sp³-hybridized carbons (Fsp3) is 0.500. The second-order valence-corrected chi connectivity index (χ2v) is 4.20. The van der Waals surface area contributed by atoms with Crippen LogP contribution in [0.3, 0.4) is 0 Å². The van der Waals surface area contributed by atoms with Crippen molar-refractivity contribution in [2.45, 2.75) is 13.3 Å². The van der Waals surface area contributed by atoms with Crippen molar-refractivity contribution in [2.75, 3.05) is 33.4 Å². The first-order valence-corrected chi connectivity index (χ1v) is 6.44. The highest BCUT2D eigenvalue weighted by molar-refractivity contribution is 14.0. The van der Waals surface area contributed by atoms with Gasteiger partial charge in [0.1, 0.15) is 5.75 Å². The molecule has 6 heteroatoms. The van der Waals surface area contributed by atoms with Gasteiger partial charge in [-0.1, -0.05) is 17.7 Å². The van der Waals surface area contributed by atoms with Crippen molar-refractivity contribution in [1.29, 1.82) is 0 Å². The molecule has 0 aliphatic heterocycles. The number of nitrogens with zero attached hydrogens (tertiary/aromatic N) is 1. The summed E-state index contributed by atoms with van der Waals surface area (Å²) in [6, 6.07) is 8.01. The molecule has 0 atom stereocenters. The minimum Gasteiger partial charge on any atom is -0.494 e. The number of aliphatic imine (C=N–C) groups is 1. The van der Waals surface area contributed by atoms with Crippen LogP contribution in [0.4, 0.5) is 0 Å². The molecule has 1 aromatic rings. The number of ether oxygens (including phenoxy) is 2. The Bertz CT molecular complexity index is 383. The summed E-state index contributed by atoms with van der Waals surface area (Å²) in [5, 5.41) is 2.96. The number of nitrogens with one attached hydrogen (secondary N) is 1. The molecule has 0 aliphatic carbocycles. The predicted molar refractivity (Wildman–Crippen MR) is 93.1 cm³/mol. The number of aryl methyl sites for hydroxylation is 1. The number of halogens is 1. The zero-order chi connectivity index (χ0) is 13.9. The third-order valence-electron chi connectivity index (χ3n) is 2.49. The third-order valence-corrected chi connectivity index (χ3v) is 2.49. The first-order chi connectivity index (χ1) is 9.22. The lowest BCUT2D eigenvalue weighted by atomic mass is 10.2. The minimum atomic E-state index is 0. The van der Waals surface area contributed by atoms with E-state index in [1.54, 1.807) is 7.11 Å². The van der Waals surface area contributed by atoms with Crippen molar-refractivity contribution in [3.63, 3.8) is 0 Å². The van der Waals surface area contributed by atoms with Gasteiger partial charge >= 0.3 is 0 Å². The topological polar surface area (TPSA) is 68.9 Å². The van der Waals surface area contributed by atoms with Gasteiger partial charge in [-0.2, -0.15) is 0 Å².